The highest BCUT2D eigenvalue weighted by Crippen LogP contribution is 2.67. The van der Waals surface area contributed by atoms with Gasteiger partial charge in [-0.1, -0.05) is 65.5 Å². The molecule has 1 N–H and O–H groups in total. The molecule has 2 heteroatoms. The summed E-state index contributed by atoms with van der Waals surface area (Å²) in [6.45, 7) is 12.5. The Morgan fingerprint density at radius 1 is 1.03 bits per heavy atom. The number of hydrogen-bond donors (Lipinski definition) is 1. The Morgan fingerprint density at radius 2 is 1.80 bits per heavy atom. The summed E-state index contributed by atoms with van der Waals surface area (Å²) in [5.41, 5.74) is 2.29. The van der Waals surface area contributed by atoms with E-state index in [-0.39, 0.29) is 12.2 Å². The lowest BCUT2D eigenvalue weighted by molar-refractivity contribution is -0.106. The molecular formula is C28H48O2. The Hall–Kier alpha value is -0.340. The highest BCUT2D eigenvalue weighted by molar-refractivity contribution is 5.28. The van der Waals surface area contributed by atoms with Crippen molar-refractivity contribution < 1.29 is 9.84 Å². The van der Waals surface area contributed by atoms with Gasteiger partial charge in [-0.15, -0.1) is 0 Å². The molecule has 0 radical (unpaired) electrons. The molecule has 0 aromatic carbocycles. The minimum atomic E-state index is -0.144. The van der Waals surface area contributed by atoms with Crippen LogP contribution in [0.5, 0.6) is 0 Å². The van der Waals surface area contributed by atoms with Crippen LogP contribution in [0, 0.1) is 46.3 Å². The summed E-state index contributed by atoms with van der Waals surface area (Å²) >= 11 is 0. The minimum absolute atomic E-state index is 0.144. The Labute approximate surface area is 186 Å². The summed E-state index contributed by atoms with van der Waals surface area (Å²) in [4.78, 5) is 0. The summed E-state index contributed by atoms with van der Waals surface area (Å²) in [6, 6.07) is 0. The molecule has 0 aromatic rings. The van der Waals surface area contributed by atoms with E-state index in [4.69, 9.17) is 4.74 Å². The van der Waals surface area contributed by atoms with Gasteiger partial charge in [-0.2, -0.15) is 0 Å². The fourth-order valence-corrected chi connectivity index (χ4v) is 8.85. The van der Waals surface area contributed by atoms with Gasteiger partial charge in [0.05, 0.1) is 12.2 Å². The van der Waals surface area contributed by atoms with E-state index in [1.165, 1.54) is 50.5 Å². The van der Waals surface area contributed by atoms with Crippen molar-refractivity contribution in [2.75, 3.05) is 7.11 Å². The first-order chi connectivity index (χ1) is 14.2. The maximum Gasteiger partial charge on any atom is 0.0788 e. The van der Waals surface area contributed by atoms with Gasteiger partial charge in [0.2, 0.25) is 0 Å². The average Bonchev–Trinajstić information content (AvgIpc) is 3.05. The predicted molar refractivity (Wildman–Crippen MR) is 125 cm³/mol. The van der Waals surface area contributed by atoms with Crippen LogP contribution in [0.1, 0.15) is 98.8 Å². The van der Waals surface area contributed by atoms with E-state index < -0.39 is 0 Å². The van der Waals surface area contributed by atoms with Crippen molar-refractivity contribution in [2.24, 2.45) is 46.3 Å². The number of rotatable bonds is 6. The molecular weight excluding hydrogens is 368 g/mol. The van der Waals surface area contributed by atoms with E-state index in [0.717, 1.165) is 48.9 Å². The van der Waals surface area contributed by atoms with Gasteiger partial charge < -0.3 is 9.84 Å². The van der Waals surface area contributed by atoms with E-state index in [0.29, 0.717) is 16.7 Å². The highest BCUT2D eigenvalue weighted by Gasteiger charge is 2.61. The maximum atomic E-state index is 10.3. The largest absolute Gasteiger partial charge is 0.393 e. The molecule has 0 amide bonds. The summed E-state index contributed by atoms with van der Waals surface area (Å²) in [6.07, 6.45) is 15.4. The van der Waals surface area contributed by atoms with Crippen molar-refractivity contribution in [3.05, 3.63) is 11.6 Å². The average molecular weight is 417 g/mol. The summed E-state index contributed by atoms with van der Waals surface area (Å²) in [7, 11) is 1.92. The zero-order valence-corrected chi connectivity index (χ0v) is 20.6. The topological polar surface area (TPSA) is 29.5 Å². The molecule has 3 saturated carbocycles. The molecule has 0 spiro atoms. The van der Waals surface area contributed by atoms with Crippen molar-refractivity contribution in [1.29, 1.82) is 0 Å². The maximum absolute atomic E-state index is 10.3. The Kier molecular flexibility index (Phi) is 6.50. The zero-order valence-electron chi connectivity index (χ0n) is 20.6. The smallest absolute Gasteiger partial charge is 0.0788 e. The molecule has 4 aliphatic carbocycles. The summed E-state index contributed by atoms with van der Waals surface area (Å²) in [5, 5.41) is 10.3. The van der Waals surface area contributed by atoms with Gasteiger partial charge in [0.15, 0.2) is 0 Å². The van der Waals surface area contributed by atoms with Crippen molar-refractivity contribution in [2.45, 2.75) is 111 Å². The van der Waals surface area contributed by atoms with Gasteiger partial charge >= 0.3 is 0 Å². The molecule has 4 rings (SSSR count). The van der Waals surface area contributed by atoms with Crippen LogP contribution < -0.4 is 0 Å². The second-order valence-electron chi connectivity index (χ2n) is 12.5. The molecule has 2 nitrogen and oxygen atoms in total. The van der Waals surface area contributed by atoms with Gasteiger partial charge in [-0.25, -0.2) is 0 Å². The number of aliphatic hydroxyl groups excluding tert-OH is 1. The first kappa shape index (κ1) is 22.8. The fraction of sp³-hybridized carbons (Fsp3) is 0.929. The lowest BCUT2D eigenvalue weighted by atomic mass is 9.46. The molecule has 4 aliphatic rings. The lowest BCUT2D eigenvalue weighted by Crippen LogP contribution is -2.55. The zero-order chi connectivity index (χ0) is 21.7. The van der Waals surface area contributed by atoms with Crippen molar-refractivity contribution in [3.63, 3.8) is 0 Å². The second kappa shape index (κ2) is 8.54. The van der Waals surface area contributed by atoms with Crippen LogP contribution in [-0.2, 0) is 4.74 Å². The predicted octanol–water partition coefficient (Wildman–Crippen LogP) is 7.01. The second-order valence-corrected chi connectivity index (χ2v) is 12.5. The molecule has 0 aromatic heterocycles. The SMILES string of the molecule is CO[C@H]1C=C2C[C@@H](O)CC[C@]2(C)[C@H]2CC[C@]3(C)[C@@H]([C@H](C)CCCC(C)C)CC[C@H]3[C@H]12. The molecule has 0 heterocycles. The molecule has 0 saturated heterocycles. The number of hydrogen-bond acceptors (Lipinski definition) is 2. The van der Waals surface area contributed by atoms with Crippen molar-refractivity contribution >= 4 is 0 Å². The third-order valence-corrected chi connectivity index (χ3v) is 10.6. The first-order valence-corrected chi connectivity index (χ1v) is 13.1. The molecule has 0 aliphatic heterocycles. The standard InChI is InChI=1S/C28H48O2/c1-18(2)8-7-9-19(3)22-10-11-23-26-24(13-15-28(22,23)5)27(4)14-12-21(29)16-20(27)17-25(26)30-6/h17-19,21-26,29H,7-16H2,1-6H3/t19-,21+,22-,23+,24+,25+,26+,27+,28-/m1/s1. The monoisotopic (exact) mass is 416 g/mol. The normalized spacial score (nSPS) is 46.7. The van der Waals surface area contributed by atoms with E-state index in [1.54, 1.807) is 0 Å². The molecule has 172 valence electrons. The molecule has 3 fully saturated rings. The fourth-order valence-electron chi connectivity index (χ4n) is 8.85. The van der Waals surface area contributed by atoms with Crippen LogP contribution in [0.2, 0.25) is 0 Å². The third-order valence-electron chi connectivity index (χ3n) is 10.6. The van der Waals surface area contributed by atoms with Crippen LogP contribution in [0.4, 0.5) is 0 Å². The number of fused-ring (bicyclic) bond motifs is 5. The lowest BCUT2D eigenvalue weighted by Gasteiger charge is -2.60. The number of ether oxygens (including phenoxy) is 1. The summed E-state index contributed by atoms with van der Waals surface area (Å²) < 4.78 is 6.17. The van der Waals surface area contributed by atoms with Crippen LogP contribution >= 0.6 is 0 Å². The van der Waals surface area contributed by atoms with E-state index in [1.807, 2.05) is 7.11 Å². The number of methoxy groups -OCH3 is 1. The van der Waals surface area contributed by atoms with Crippen LogP contribution in [0.25, 0.3) is 0 Å². The molecule has 9 atom stereocenters. The van der Waals surface area contributed by atoms with Crippen LogP contribution in [-0.4, -0.2) is 24.4 Å². The van der Waals surface area contributed by atoms with E-state index in [2.05, 4.69) is 40.7 Å². The van der Waals surface area contributed by atoms with Gasteiger partial charge in [0.25, 0.3) is 0 Å². The Bertz CT molecular complexity index is 639. The van der Waals surface area contributed by atoms with E-state index in [9.17, 15) is 5.11 Å². The van der Waals surface area contributed by atoms with Crippen molar-refractivity contribution in [3.8, 4) is 0 Å². The van der Waals surface area contributed by atoms with E-state index >= 15 is 0 Å². The Morgan fingerprint density at radius 3 is 2.50 bits per heavy atom. The highest BCUT2D eigenvalue weighted by atomic mass is 16.5. The van der Waals surface area contributed by atoms with Gasteiger partial charge in [0, 0.05) is 7.11 Å². The van der Waals surface area contributed by atoms with Crippen LogP contribution in [0.15, 0.2) is 11.6 Å². The first-order valence-electron chi connectivity index (χ1n) is 13.1. The van der Waals surface area contributed by atoms with Crippen LogP contribution in [0.3, 0.4) is 0 Å². The Balaban J connectivity index is 1.56. The van der Waals surface area contributed by atoms with Gasteiger partial charge in [-0.05, 0) is 91.3 Å². The van der Waals surface area contributed by atoms with Gasteiger partial charge in [0.1, 0.15) is 0 Å². The third kappa shape index (κ3) is 3.72. The molecule has 30 heavy (non-hydrogen) atoms. The molecule has 0 bridgehead atoms. The van der Waals surface area contributed by atoms with Gasteiger partial charge in [-0.3, -0.25) is 0 Å². The van der Waals surface area contributed by atoms with Crippen molar-refractivity contribution in [1.82, 2.24) is 0 Å². The quantitative estimate of drug-likeness (QED) is 0.472. The molecule has 0 unspecified atom stereocenters. The number of aliphatic hydroxyl groups is 1. The minimum Gasteiger partial charge on any atom is -0.393 e. The summed E-state index contributed by atoms with van der Waals surface area (Å²) in [5.74, 6) is 4.79.